The van der Waals surface area contributed by atoms with Gasteiger partial charge in [0.25, 0.3) is 0 Å². The molecule has 1 rings (SSSR count). The van der Waals surface area contributed by atoms with Crippen molar-refractivity contribution in [2.24, 2.45) is 5.92 Å². The number of Topliss-reactive ketones (excluding diaryl/α,β-unsaturated/α-hetero) is 2. The van der Waals surface area contributed by atoms with E-state index in [-0.39, 0.29) is 5.97 Å². The van der Waals surface area contributed by atoms with Crippen molar-refractivity contribution in [3.63, 3.8) is 0 Å². The zero-order valence-electron chi connectivity index (χ0n) is 15.6. The maximum Gasteiger partial charge on any atom is 0.458 e. The van der Waals surface area contributed by atoms with E-state index >= 15 is 0 Å². The summed E-state index contributed by atoms with van der Waals surface area (Å²) in [6.45, 7) is 9.13. The fourth-order valence-electron chi connectivity index (χ4n) is 2.34. The molecule has 0 radical (unpaired) electrons. The smallest absolute Gasteiger partial charge is 0.458 e. The largest absolute Gasteiger partial charge is 0.465 e. The number of alkyl halides is 6. The SMILES string of the molecule is CCNCC1CCN(CC(=O)OCC)CC1.O=C(C(=O)C(F)(F)F)C(F)(F)F. The lowest BCUT2D eigenvalue weighted by molar-refractivity contribution is -0.193. The number of carbonyl (C=O) groups excluding carboxylic acids is 3. The monoisotopic (exact) mass is 422 g/mol. The van der Waals surface area contributed by atoms with Gasteiger partial charge in [0.2, 0.25) is 0 Å². The number of nitrogens with one attached hydrogen (secondary N) is 1. The van der Waals surface area contributed by atoms with Crippen molar-refractivity contribution in [1.82, 2.24) is 10.2 Å². The molecule has 0 aromatic carbocycles. The molecule has 1 heterocycles. The summed E-state index contributed by atoms with van der Waals surface area (Å²) >= 11 is 0. The summed E-state index contributed by atoms with van der Waals surface area (Å²) in [6.07, 6.45) is -9.17. The number of hydrogen-bond acceptors (Lipinski definition) is 6. The third-order valence-corrected chi connectivity index (χ3v) is 3.77. The zero-order chi connectivity index (χ0) is 22.0. The van der Waals surface area contributed by atoms with Gasteiger partial charge in [0, 0.05) is 0 Å². The highest BCUT2D eigenvalue weighted by Gasteiger charge is 2.54. The molecule has 1 aliphatic rings. The molecule has 164 valence electrons. The third-order valence-electron chi connectivity index (χ3n) is 3.77. The van der Waals surface area contributed by atoms with Crippen LogP contribution in [0.2, 0.25) is 0 Å². The molecular formula is C16H24F6N2O4. The summed E-state index contributed by atoms with van der Waals surface area (Å²) in [5.74, 6) is -6.13. The predicted molar refractivity (Wildman–Crippen MR) is 86.5 cm³/mol. The molecule has 1 N–H and O–H groups in total. The van der Waals surface area contributed by atoms with Gasteiger partial charge in [0.05, 0.1) is 13.2 Å². The van der Waals surface area contributed by atoms with E-state index in [1.165, 1.54) is 12.8 Å². The van der Waals surface area contributed by atoms with Gasteiger partial charge in [-0.15, -0.1) is 0 Å². The molecule has 0 aliphatic carbocycles. The molecule has 0 bridgehead atoms. The molecule has 0 aromatic rings. The van der Waals surface area contributed by atoms with Gasteiger partial charge >= 0.3 is 29.9 Å². The van der Waals surface area contributed by atoms with Crippen LogP contribution >= 0.6 is 0 Å². The van der Waals surface area contributed by atoms with Crippen LogP contribution in [0.5, 0.6) is 0 Å². The molecule has 0 spiro atoms. The highest BCUT2D eigenvalue weighted by Crippen LogP contribution is 2.24. The quantitative estimate of drug-likeness (QED) is 0.385. The molecule has 12 heteroatoms. The predicted octanol–water partition coefficient (Wildman–Crippen LogP) is 2.12. The topological polar surface area (TPSA) is 75.7 Å². The Balaban J connectivity index is 0.000000546. The van der Waals surface area contributed by atoms with E-state index in [0.29, 0.717) is 13.2 Å². The van der Waals surface area contributed by atoms with Gasteiger partial charge in [-0.1, -0.05) is 6.92 Å². The van der Waals surface area contributed by atoms with E-state index in [2.05, 4.69) is 17.1 Å². The molecule has 28 heavy (non-hydrogen) atoms. The lowest BCUT2D eigenvalue weighted by Gasteiger charge is -2.31. The second kappa shape index (κ2) is 12.0. The molecule has 1 fully saturated rings. The number of carbonyl (C=O) groups is 3. The van der Waals surface area contributed by atoms with Crippen molar-refractivity contribution < 1.29 is 45.5 Å². The standard InChI is InChI=1S/C12H24N2O2.C4F6O2/c1-3-13-9-11-5-7-14(8-6-11)10-12(15)16-4-2;5-3(6,7)1(11)2(12)4(8,9)10/h11,13H,3-10H2,1-2H3;. The van der Waals surface area contributed by atoms with Crippen LogP contribution in [0.15, 0.2) is 0 Å². The van der Waals surface area contributed by atoms with E-state index in [1.807, 2.05) is 6.92 Å². The molecule has 1 saturated heterocycles. The molecule has 6 nitrogen and oxygen atoms in total. The zero-order valence-corrected chi connectivity index (χ0v) is 15.6. The molecule has 0 amide bonds. The number of ether oxygens (including phenoxy) is 1. The molecule has 0 atom stereocenters. The number of rotatable bonds is 7. The lowest BCUT2D eigenvalue weighted by atomic mass is 9.97. The maximum atomic E-state index is 11.3. The molecule has 0 unspecified atom stereocenters. The normalized spacial score (nSPS) is 16.1. The fourth-order valence-corrected chi connectivity index (χ4v) is 2.34. The molecular weight excluding hydrogens is 398 g/mol. The minimum atomic E-state index is -5.77. The number of nitrogens with zero attached hydrogens (tertiary/aromatic N) is 1. The average molecular weight is 422 g/mol. The van der Waals surface area contributed by atoms with E-state index in [4.69, 9.17) is 4.74 Å². The number of ketones is 2. The second-order valence-corrected chi connectivity index (χ2v) is 5.99. The van der Waals surface area contributed by atoms with Crippen molar-refractivity contribution in [3.05, 3.63) is 0 Å². The maximum absolute atomic E-state index is 11.3. The van der Waals surface area contributed by atoms with Crippen LogP contribution in [-0.4, -0.2) is 74.1 Å². The summed E-state index contributed by atoms with van der Waals surface area (Å²) in [5, 5.41) is 3.38. The Morgan fingerprint density at radius 1 is 0.964 bits per heavy atom. The van der Waals surface area contributed by atoms with E-state index in [1.54, 1.807) is 0 Å². The van der Waals surface area contributed by atoms with Crippen LogP contribution in [0.1, 0.15) is 26.7 Å². The van der Waals surface area contributed by atoms with Crippen molar-refractivity contribution in [2.45, 2.75) is 39.0 Å². The lowest BCUT2D eigenvalue weighted by Crippen LogP contribution is -2.40. The number of likely N-dealkylation sites (tertiary alicyclic amines) is 1. The Morgan fingerprint density at radius 2 is 1.43 bits per heavy atom. The molecule has 0 saturated carbocycles. The van der Waals surface area contributed by atoms with Crippen LogP contribution < -0.4 is 5.32 Å². The van der Waals surface area contributed by atoms with Gasteiger partial charge in [-0.25, -0.2) is 0 Å². The first-order valence-corrected chi connectivity index (χ1v) is 8.64. The summed E-state index contributed by atoms with van der Waals surface area (Å²) in [5.41, 5.74) is 0. The van der Waals surface area contributed by atoms with Crippen LogP contribution in [0, 0.1) is 5.92 Å². The Kier molecular flexibility index (Phi) is 11.3. The van der Waals surface area contributed by atoms with E-state index < -0.39 is 23.9 Å². The third kappa shape index (κ3) is 10.6. The van der Waals surface area contributed by atoms with Gasteiger partial charge in [0.15, 0.2) is 0 Å². The Morgan fingerprint density at radius 3 is 1.79 bits per heavy atom. The van der Waals surface area contributed by atoms with Gasteiger partial charge in [0.1, 0.15) is 0 Å². The number of piperidine rings is 1. The summed E-state index contributed by atoms with van der Waals surface area (Å²) < 4.78 is 71.9. The summed E-state index contributed by atoms with van der Waals surface area (Å²) in [6, 6.07) is 0. The van der Waals surface area contributed by atoms with Crippen LogP contribution in [0.4, 0.5) is 26.3 Å². The minimum absolute atomic E-state index is 0.0902. The van der Waals surface area contributed by atoms with Gasteiger partial charge in [-0.2, -0.15) is 26.3 Å². The van der Waals surface area contributed by atoms with Crippen LogP contribution in [0.25, 0.3) is 0 Å². The Hall–Kier alpha value is -1.69. The van der Waals surface area contributed by atoms with Gasteiger partial charge in [-0.3, -0.25) is 19.3 Å². The fraction of sp³-hybridized carbons (Fsp3) is 0.812. The summed E-state index contributed by atoms with van der Waals surface area (Å²) in [4.78, 5) is 32.7. The number of esters is 1. The average Bonchev–Trinajstić information content (AvgIpc) is 2.59. The second-order valence-electron chi connectivity index (χ2n) is 5.99. The Labute approximate surface area is 158 Å². The summed E-state index contributed by atoms with van der Waals surface area (Å²) in [7, 11) is 0. The minimum Gasteiger partial charge on any atom is -0.465 e. The first-order chi connectivity index (χ1) is 12.8. The van der Waals surface area contributed by atoms with E-state index in [0.717, 1.165) is 32.1 Å². The van der Waals surface area contributed by atoms with Crippen molar-refractivity contribution >= 4 is 17.5 Å². The van der Waals surface area contributed by atoms with Crippen molar-refractivity contribution in [2.75, 3.05) is 39.3 Å². The highest BCUT2D eigenvalue weighted by atomic mass is 19.4. The van der Waals surface area contributed by atoms with Crippen LogP contribution in [-0.2, 0) is 19.1 Å². The van der Waals surface area contributed by atoms with Crippen molar-refractivity contribution in [1.29, 1.82) is 0 Å². The molecule has 1 aliphatic heterocycles. The highest BCUT2D eigenvalue weighted by molar-refractivity contribution is 6.41. The van der Waals surface area contributed by atoms with Gasteiger partial charge < -0.3 is 10.1 Å². The van der Waals surface area contributed by atoms with Crippen LogP contribution in [0.3, 0.4) is 0 Å². The van der Waals surface area contributed by atoms with Crippen molar-refractivity contribution in [3.8, 4) is 0 Å². The first kappa shape index (κ1) is 26.3. The van der Waals surface area contributed by atoms with Gasteiger partial charge in [-0.05, 0) is 51.9 Å². The molecule has 0 aromatic heterocycles. The first-order valence-electron chi connectivity index (χ1n) is 8.64. The number of halogens is 6. The Bertz CT molecular complexity index is 490. The van der Waals surface area contributed by atoms with E-state index in [9.17, 15) is 40.7 Å². The number of hydrogen-bond donors (Lipinski definition) is 1.